The molecule has 0 aliphatic heterocycles. The van der Waals surface area contributed by atoms with Gasteiger partial charge in [-0.25, -0.2) is 0 Å². The van der Waals surface area contributed by atoms with Crippen LogP contribution in [0.2, 0.25) is 0 Å². The maximum atomic E-state index is 9.36. The van der Waals surface area contributed by atoms with Crippen LogP contribution in [0.4, 0.5) is 0 Å². The minimum atomic E-state index is 0.0223. The monoisotopic (exact) mass is 263 g/mol. The lowest BCUT2D eigenvalue weighted by atomic mass is 9.89. The van der Waals surface area contributed by atoms with Crippen molar-refractivity contribution in [3.8, 4) is 0 Å². The van der Waals surface area contributed by atoms with Gasteiger partial charge in [0.1, 0.15) is 0 Å². The van der Waals surface area contributed by atoms with Crippen LogP contribution >= 0.6 is 0 Å². The predicted octanol–water partition coefficient (Wildman–Crippen LogP) is 2.44. The molecule has 0 fully saturated rings. The Morgan fingerprint density at radius 1 is 1.37 bits per heavy atom. The molecule has 3 nitrogen and oxygen atoms in total. The molecule has 0 aromatic heterocycles. The minimum Gasteiger partial charge on any atom is -0.395 e. The van der Waals surface area contributed by atoms with Crippen LogP contribution in [0.3, 0.4) is 0 Å². The fourth-order valence-corrected chi connectivity index (χ4v) is 2.74. The third kappa shape index (κ3) is 4.03. The van der Waals surface area contributed by atoms with Gasteiger partial charge in [0.25, 0.3) is 0 Å². The molecule has 0 bridgehead atoms. The first-order valence-electron chi connectivity index (χ1n) is 7.27. The van der Waals surface area contributed by atoms with Gasteiger partial charge < -0.3 is 15.2 Å². The molecule has 1 aliphatic rings. The lowest BCUT2D eigenvalue weighted by Gasteiger charge is -2.28. The van der Waals surface area contributed by atoms with E-state index >= 15 is 0 Å². The molecule has 0 amide bonds. The van der Waals surface area contributed by atoms with Crippen LogP contribution < -0.4 is 5.32 Å². The molecule has 0 spiro atoms. The van der Waals surface area contributed by atoms with Crippen molar-refractivity contribution in [2.45, 2.75) is 51.3 Å². The highest BCUT2D eigenvalue weighted by Gasteiger charge is 2.21. The van der Waals surface area contributed by atoms with E-state index in [0.717, 1.165) is 12.8 Å². The maximum absolute atomic E-state index is 9.36. The number of hydrogen-bond acceptors (Lipinski definition) is 3. The quantitative estimate of drug-likeness (QED) is 0.828. The van der Waals surface area contributed by atoms with Crippen LogP contribution in [0.5, 0.6) is 0 Å². The third-order valence-electron chi connectivity index (χ3n) is 3.60. The second-order valence-corrected chi connectivity index (χ2v) is 5.61. The molecule has 106 valence electrons. The maximum Gasteiger partial charge on any atom is 0.0828 e. The standard InChI is InChI=1S/C16H25NO2/c1-12(2)17-14(10-18)11-19-16-9-5-7-13-6-3-4-8-15(13)16/h3-4,6,8,12,14,16-18H,5,7,9-11H2,1-2H3. The lowest BCUT2D eigenvalue weighted by molar-refractivity contribution is 0.0151. The molecule has 0 saturated heterocycles. The summed E-state index contributed by atoms with van der Waals surface area (Å²) in [4.78, 5) is 0. The van der Waals surface area contributed by atoms with E-state index in [0.29, 0.717) is 12.6 Å². The summed E-state index contributed by atoms with van der Waals surface area (Å²) in [7, 11) is 0. The molecule has 3 heteroatoms. The zero-order chi connectivity index (χ0) is 13.7. The van der Waals surface area contributed by atoms with E-state index in [-0.39, 0.29) is 18.8 Å². The lowest BCUT2D eigenvalue weighted by Crippen LogP contribution is -2.41. The Balaban J connectivity index is 1.93. The number of hydrogen-bond donors (Lipinski definition) is 2. The van der Waals surface area contributed by atoms with Gasteiger partial charge in [-0.3, -0.25) is 0 Å². The van der Waals surface area contributed by atoms with Crippen LogP contribution in [0.15, 0.2) is 24.3 Å². The smallest absolute Gasteiger partial charge is 0.0828 e. The highest BCUT2D eigenvalue weighted by Crippen LogP contribution is 2.32. The van der Waals surface area contributed by atoms with Crippen molar-refractivity contribution in [2.75, 3.05) is 13.2 Å². The van der Waals surface area contributed by atoms with Gasteiger partial charge in [0.15, 0.2) is 0 Å². The summed E-state index contributed by atoms with van der Waals surface area (Å²) in [5.41, 5.74) is 2.74. The van der Waals surface area contributed by atoms with E-state index in [1.807, 2.05) is 0 Å². The number of benzene rings is 1. The van der Waals surface area contributed by atoms with Crippen LogP contribution in [-0.4, -0.2) is 30.4 Å². The average Bonchev–Trinajstić information content (AvgIpc) is 2.43. The number of aliphatic hydroxyl groups excluding tert-OH is 1. The fourth-order valence-electron chi connectivity index (χ4n) is 2.74. The molecule has 0 saturated carbocycles. The molecular weight excluding hydrogens is 238 g/mol. The van der Waals surface area contributed by atoms with Crippen LogP contribution in [0, 0.1) is 0 Å². The summed E-state index contributed by atoms with van der Waals surface area (Å²) in [6.07, 6.45) is 3.61. The third-order valence-corrected chi connectivity index (χ3v) is 3.60. The van der Waals surface area contributed by atoms with Gasteiger partial charge in [-0.15, -0.1) is 0 Å². The zero-order valence-corrected chi connectivity index (χ0v) is 11.9. The van der Waals surface area contributed by atoms with Crippen LogP contribution in [0.1, 0.15) is 43.9 Å². The molecule has 0 heterocycles. The average molecular weight is 263 g/mol. The van der Waals surface area contributed by atoms with Gasteiger partial charge in [-0.1, -0.05) is 38.1 Å². The van der Waals surface area contributed by atoms with Gasteiger partial charge in [0, 0.05) is 6.04 Å². The van der Waals surface area contributed by atoms with Crippen molar-refractivity contribution in [3.05, 3.63) is 35.4 Å². The number of aliphatic hydroxyl groups is 1. The zero-order valence-electron chi connectivity index (χ0n) is 11.9. The molecule has 1 aromatic rings. The molecule has 1 aromatic carbocycles. The van der Waals surface area contributed by atoms with E-state index in [1.54, 1.807) is 0 Å². The first-order chi connectivity index (χ1) is 9.20. The van der Waals surface area contributed by atoms with Crippen molar-refractivity contribution >= 4 is 0 Å². The first kappa shape index (κ1) is 14.5. The molecule has 19 heavy (non-hydrogen) atoms. The Kier molecular flexibility index (Phi) is 5.37. The first-order valence-corrected chi connectivity index (χ1v) is 7.27. The summed E-state index contributed by atoms with van der Waals surface area (Å²) < 4.78 is 6.04. The fraction of sp³-hybridized carbons (Fsp3) is 0.625. The highest BCUT2D eigenvalue weighted by atomic mass is 16.5. The molecule has 2 N–H and O–H groups in total. The molecule has 2 rings (SSSR count). The summed E-state index contributed by atoms with van der Waals surface area (Å²) in [5, 5.41) is 12.7. The van der Waals surface area contributed by atoms with E-state index in [1.165, 1.54) is 17.5 Å². The van der Waals surface area contributed by atoms with E-state index < -0.39 is 0 Å². The van der Waals surface area contributed by atoms with E-state index in [2.05, 4.69) is 43.4 Å². The molecule has 0 radical (unpaired) electrons. The van der Waals surface area contributed by atoms with Crippen LogP contribution in [0.25, 0.3) is 0 Å². The molecule has 2 atom stereocenters. The predicted molar refractivity (Wildman–Crippen MR) is 77.2 cm³/mol. The number of fused-ring (bicyclic) bond motifs is 1. The van der Waals surface area contributed by atoms with Crippen molar-refractivity contribution in [2.24, 2.45) is 0 Å². The Morgan fingerprint density at radius 3 is 2.89 bits per heavy atom. The highest BCUT2D eigenvalue weighted by molar-refractivity contribution is 5.31. The van der Waals surface area contributed by atoms with Gasteiger partial charge in [-0.05, 0) is 30.4 Å². The largest absolute Gasteiger partial charge is 0.395 e. The minimum absolute atomic E-state index is 0.0223. The summed E-state index contributed by atoms with van der Waals surface area (Å²) >= 11 is 0. The van der Waals surface area contributed by atoms with Gasteiger partial charge >= 0.3 is 0 Å². The van der Waals surface area contributed by atoms with Gasteiger partial charge in [-0.2, -0.15) is 0 Å². The van der Waals surface area contributed by atoms with Crippen molar-refractivity contribution in [3.63, 3.8) is 0 Å². The molecule has 1 aliphatic carbocycles. The summed E-state index contributed by atoms with van der Waals surface area (Å²) in [6, 6.07) is 8.92. The number of ether oxygens (including phenoxy) is 1. The van der Waals surface area contributed by atoms with Crippen molar-refractivity contribution in [1.82, 2.24) is 5.32 Å². The second kappa shape index (κ2) is 7.04. The Labute approximate surface area is 116 Å². The molecule has 2 unspecified atom stereocenters. The van der Waals surface area contributed by atoms with Gasteiger partial charge in [0.2, 0.25) is 0 Å². The number of aryl methyl sites for hydroxylation is 1. The van der Waals surface area contributed by atoms with Crippen molar-refractivity contribution in [1.29, 1.82) is 0 Å². The SMILES string of the molecule is CC(C)NC(CO)COC1CCCc2ccccc21. The van der Waals surface area contributed by atoms with Crippen LogP contribution in [-0.2, 0) is 11.2 Å². The number of rotatable bonds is 6. The second-order valence-electron chi connectivity index (χ2n) is 5.61. The topological polar surface area (TPSA) is 41.5 Å². The van der Waals surface area contributed by atoms with E-state index in [9.17, 15) is 5.11 Å². The normalized spacial score (nSPS) is 20.3. The summed E-state index contributed by atoms with van der Waals surface area (Å²) in [5.74, 6) is 0. The van der Waals surface area contributed by atoms with E-state index in [4.69, 9.17) is 4.74 Å². The summed E-state index contributed by atoms with van der Waals surface area (Å²) in [6.45, 7) is 4.84. The molecular formula is C16H25NO2. The Hall–Kier alpha value is -0.900. The Morgan fingerprint density at radius 2 is 2.16 bits per heavy atom. The Bertz CT molecular complexity index is 392. The number of nitrogens with one attached hydrogen (secondary N) is 1. The van der Waals surface area contributed by atoms with Crippen molar-refractivity contribution < 1.29 is 9.84 Å². The van der Waals surface area contributed by atoms with Gasteiger partial charge in [0.05, 0.1) is 25.4 Å².